The fraction of sp³-hybridized carbons (Fsp3) is 0.467. The number of H-pyrrole nitrogens is 2. The first-order valence-electron chi connectivity index (χ1n) is 7.20. The minimum atomic E-state index is -0.256. The maximum absolute atomic E-state index is 12.1. The number of anilines is 1. The Balaban J connectivity index is 2.01. The molecule has 0 radical (unpaired) electrons. The zero-order chi connectivity index (χ0) is 15.4. The van der Waals surface area contributed by atoms with Gasteiger partial charge >= 0.3 is 5.69 Å². The number of benzene rings is 1. The number of aromatic amines is 2. The van der Waals surface area contributed by atoms with E-state index in [-0.39, 0.29) is 17.5 Å². The van der Waals surface area contributed by atoms with Crippen LogP contribution in [0.5, 0.6) is 0 Å². The summed E-state index contributed by atoms with van der Waals surface area (Å²) < 4.78 is 0. The molecule has 0 aliphatic heterocycles. The Labute approximate surface area is 123 Å². The molecule has 1 unspecified atom stereocenters. The van der Waals surface area contributed by atoms with Crippen molar-refractivity contribution in [1.29, 1.82) is 0 Å². The molecule has 1 amide bonds. The van der Waals surface area contributed by atoms with Gasteiger partial charge in [0.25, 0.3) is 0 Å². The highest BCUT2D eigenvalue weighted by Crippen LogP contribution is 2.17. The first-order valence-corrected chi connectivity index (χ1v) is 7.20. The highest BCUT2D eigenvalue weighted by Gasteiger charge is 2.14. The van der Waals surface area contributed by atoms with E-state index in [0.717, 1.165) is 11.9 Å². The largest absolute Gasteiger partial charge is 0.330 e. The van der Waals surface area contributed by atoms with Crippen LogP contribution in [-0.4, -0.2) is 22.4 Å². The average Bonchev–Trinajstić information content (AvgIpc) is 2.76. The zero-order valence-electron chi connectivity index (χ0n) is 12.4. The molecule has 21 heavy (non-hydrogen) atoms. The summed E-state index contributed by atoms with van der Waals surface area (Å²) in [5.41, 5.74) is 7.53. The molecule has 6 heteroatoms. The molecule has 1 heterocycles. The van der Waals surface area contributed by atoms with E-state index in [4.69, 9.17) is 5.73 Å². The van der Waals surface area contributed by atoms with E-state index in [9.17, 15) is 9.59 Å². The topological polar surface area (TPSA) is 104 Å². The van der Waals surface area contributed by atoms with Crippen LogP contribution >= 0.6 is 0 Å². The molecule has 2 aromatic rings. The average molecular weight is 290 g/mol. The SMILES string of the molecule is CC(C)CC(CN)CC(=O)Nc1ccc2[nH]c(=O)[nH]c2c1. The van der Waals surface area contributed by atoms with Gasteiger partial charge in [0.2, 0.25) is 5.91 Å². The molecule has 1 atom stereocenters. The fourth-order valence-corrected chi connectivity index (χ4v) is 2.51. The molecular weight excluding hydrogens is 268 g/mol. The van der Waals surface area contributed by atoms with Crippen LogP contribution in [0.15, 0.2) is 23.0 Å². The van der Waals surface area contributed by atoms with Crippen molar-refractivity contribution in [3.8, 4) is 0 Å². The van der Waals surface area contributed by atoms with Gasteiger partial charge in [-0.05, 0) is 43.0 Å². The summed E-state index contributed by atoms with van der Waals surface area (Å²) in [6, 6.07) is 5.27. The summed E-state index contributed by atoms with van der Waals surface area (Å²) in [5.74, 6) is 0.664. The first-order chi connectivity index (χ1) is 9.97. The molecule has 0 bridgehead atoms. The van der Waals surface area contributed by atoms with E-state index >= 15 is 0 Å². The van der Waals surface area contributed by atoms with Crippen molar-refractivity contribution in [3.63, 3.8) is 0 Å². The van der Waals surface area contributed by atoms with Crippen LogP contribution in [-0.2, 0) is 4.79 Å². The Morgan fingerprint density at radius 3 is 2.67 bits per heavy atom. The Kier molecular flexibility index (Phi) is 4.80. The number of imidazole rings is 1. The number of hydrogen-bond acceptors (Lipinski definition) is 3. The number of carbonyl (C=O) groups excluding carboxylic acids is 1. The molecule has 2 rings (SSSR count). The lowest BCUT2D eigenvalue weighted by molar-refractivity contribution is -0.117. The number of carbonyl (C=O) groups is 1. The predicted molar refractivity (Wildman–Crippen MR) is 84.2 cm³/mol. The van der Waals surface area contributed by atoms with Gasteiger partial charge in [-0.1, -0.05) is 13.8 Å². The summed E-state index contributed by atoms with van der Waals surface area (Å²) in [7, 11) is 0. The molecule has 0 spiro atoms. The summed E-state index contributed by atoms with van der Waals surface area (Å²) >= 11 is 0. The third-order valence-corrected chi connectivity index (χ3v) is 3.41. The number of amides is 1. The number of hydrogen-bond donors (Lipinski definition) is 4. The normalized spacial score (nSPS) is 12.8. The Morgan fingerprint density at radius 2 is 2.00 bits per heavy atom. The molecule has 5 N–H and O–H groups in total. The second-order valence-electron chi connectivity index (χ2n) is 5.82. The monoisotopic (exact) mass is 290 g/mol. The van der Waals surface area contributed by atoms with E-state index in [1.165, 1.54) is 0 Å². The number of nitrogens with two attached hydrogens (primary N) is 1. The lowest BCUT2D eigenvalue weighted by Crippen LogP contribution is -2.23. The second-order valence-corrected chi connectivity index (χ2v) is 5.82. The third-order valence-electron chi connectivity index (χ3n) is 3.41. The molecule has 1 aromatic carbocycles. The second kappa shape index (κ2) is 6.58. The van der Waals surface area contributed by atoms with Gasteiger partial charge < -0.3 is 21.0 Å². The summed E-state index contributed by atoms with van der Waals surface area (Å²) in [6.45, 7) is 4.75. The maximum Gasteiger partial charge on any atom is 0.323 e. The van der Waals surface area contributed by atoms with Crippen LogP contribution < -0.4 is 16.7 Å². The molecule has 0 saturated carbocycles. The van der Waals surface area contributed by atoms with Crippen molar-refractivity contribution in [1.82, 2.24) is 9.97 Å². The van der Waals surface area contributed by atoms with E-state index in [0.29, 0.717) is 30.1 Å². The van der Waals surface area contributed by atoms with Crippen LogP contribution in [0, 0.1) is 11.8 Å². The van der Waals surface area contributed by atoms with Gasteiger partial charge in [-0.25, -0.2) is 4.79 Å². The number of nitrogens with one attached hydrogen (secondary N) is 3. The van der Waals surface area contributed by atoms with Crippen LogP contribution in [0.25, 0.3) is 11.0 Å². The fourth-order valence-electron chi connectivity index (χ4n) is 2.51. The summed E-state index contributed by atoms with van der Waals surface area (Å²) in [5, 5.41) is 2.85. The Bertz CT molecular complexity index is 672. The number of aromatic nitrogens is 2. The van der Waals surface area contributed by atoms with Gasteiger partial charge in [0, 0.05) is 12.1 Å². The van der Waals surface area contributed by atoms with E-state index in [1.807, 2.05) is 0 Å². The van der Waals surface area contributed by atoms with Crippen molar-refractivity contribution < 1.29 is 4.79 Å². The standard InChI is InChI=1S/C15H22N4O2/c1-9(2)5-10(8-16)6-14(20)17-11-3-4-12-13(7-11)19-15(21)18-12/h3-4,7,9-10H,5-6,8,16H2,1-2H3,(H,17,20)(H2,18,19,21). The van der Waals surface area contributed by atoms with Crippen LogP contribution in [0.1, 0.15) is 26.7 Å². The van der Waals surface area contributed by atoms with Gasteiger partial charge in [0.05, 0.1) is 11.0 Å². The molecule has 0 aliphatic carbocycles. The number of fused-ring (bicyclic) bond motifs is 1. The minimum absolute atomic E-state index is 0.0525. The minimum Gasteiger partial charge on any atom is -0.330 e. The van der Waals surface area contributed by atoms with Crippen molar-refractivity contribution in [2.24, 2.45) is 17.6 Å². The molecular formula is C15H22N4O2. The Morgan fingerprint density at radius 1 is 1.29 bits per heavy atom. The van der Waals surface area contributed by atoms with E-state index in [1.54, 1.807) is 18.2 Å². The van der Waals surface area contributed by atoms with Crippen molar-refractivity contribution in [2.45, 2.75) is 26.7 Å². The number of rotatable bonds is 6. The molecule has 0 fully saturated rings. The van der Waals surface area contributed by atoms with Gasteiger partial charge in [0.1, 0.15) is 0 Å². The third kappa shape index (κ3) is 4.19. The highest BCUT2D eigenvalue weighted by molar-refractivity contribution is 5.93. The van der Waals surface area contributed by atoms with Gasteiger partial charge in [0.15, 0.2) is 0 Å². The van der Waals surface area contributed by atoms with Gasteiger partial charge in [-0.3, -0.25) is 4.79 Å². The highest BCUT2D eigenvalue weighted by atomic mass is 16.1. The van der Waals surface area contributed by atoms with Crippen molar-refractivity contribution in [2.75, 3.05) is 11.9 Å². The summed E-state index contributed by atoms with van der Waals surface area (Å²) in [4.78, 5) is 28.6. The van der Waals surface area contributed by atoms with Gasteiger partial charge in [-0.2, -0.15) is 0 Å². The lowest BCUT2D eigenvalue weighted by Gasteiger charge is -2.16. The maximum atomic E-state index is 12.1. The molecule has 0 aliphatic rings. The van der Waals surface area contributed by atoms with Gasteiger partial charge in [-0.15, -0.1) is 0 Å². The van der Waals surface area contributed by atoms with Crippen LogP contribution in [0.2, 0.25) is 0 Å². The summed E-state index contributed by atoms with van der Waals surface area (Å²) in [6.07, 6.45) is 1.35. The smallest absolute Gasteiger partial charge is 0.323 e. The molecule has 6 nitrogen and oxygen atoms in total. The molecule has 114 valence electrons. The molecule has 1 aromatic heterocycles. The van der Waals surface area contributed by atoms with E-state index in [2.05, 4.69) is 29.1 Å². The van der Waals surface area contributed by atoms with Crippen molar-refractivity contribution in [3.05, 3.63) is 28.7 Å². The van der Waals surface area contributed by atoms with Crippen molar-refractivity contribution >= 4 is 22.6 Å². The predicted octanol–water partition coefficient (Wildman–Crippen LogP) is 1.81. The zero-order valence-corrected chi connectivity index (χ0v) is 12.4. The van der Waals surface area contributed by atoms with Crippen LogP contribution in [0.3, 0.4) is 0 Å². The molecule has 0 saturated heterocycles. The lowest BCUT2D eigenvalue weighted by atomic mass is 9.94. The quantitative estimate of drug-likeness (QED) is 0.652. The first kappa shape index (κ1) is 15.3. The Hall–Kier alpha value is -2.08. The van der Waals surface area contributed by atoms with Crippen LogP contribution in [0.4, 0.5) is 5.69 Å². The van der Waals surface area contributed by atoms with E-state index < -0.39 is 0 Å².